The number of aromatic nitrogens is 2. The molecule has 1 aromatic heterocycles. The Hall–Kier alpha value is -1.40. The molecule has 0 bridgehead atoms. The molecular formula is C16H19N3OS2. The Labute approximate surface area is 138 Å². The molecule has 1 aliphatic carbocycles. The number of nitrogens with zero attached hydrogens (tertiary/aromatic N) is 2. The quantitative estimate of drug-likeness (QED) is 0.674. The van der Waals surface area contributed by atoms with Gasteiger partial charge in [-0.25, -0.2) is 0 Å². The number of hydrogen-bond acceptors (Lipinski definition) is 5. The Morgan fingerprint density at radius 1 is 1.23 bits per heavy atom. The van der Waals surface area contributed by atoms with Crippen LogP contribution in [0.5, 0.6) is 0 Å². The van der Waals surface area contributed by atoms with Crippen molar-refractivity contribution >= 4 is 34.1 Å². The summed E-state index contributed by atoms with van der Waals surface area (Å²) in [5.74, 6) is -0.106. The lowest BCUT2D eigenvalue weighted by Gasteiger charge is -2.16. The molecule has 0 unspecified atom stereocenters. The molecular weight excluding hydrogens is 314 g/mol. The van der Waals surface area contributed by atoms with E-state index in [1.807, 2.05) is 12.1 Å². The highest BCUT2D eigenvalue weighted by molar-refractivity contribution is 8.01. The lowest BCUT2D eigenvalue weighted by Crippen LogP contribution is -2.13. The van der Waals surface area contributed by atoms with Gasteiger partial charge >= 0.3 is 0 Å². The van der Waals surface area contributed by atoms with Gasteiger partial charge in [-0.3, -0.25) is 10.1 Å². The lowest BCUT2D eigenvalue weighted by molar-refractivity contribution is 0.102. The summed E-state index contributed by atoms with van der Waals surface area (Å²) in [5, 5.41) is 12.0. The maximum Gasteiger partial charge on any atom is 0.257 e. The van der Waals surface area contributed by atoms with Crippen molar-refractivity contribution in [2.45, 2.75) is 49.1 Å². The summed E-state index contributed by atoms with van der Waals surface area (Å²) in [4.78, 5) is 12.4. The van der Waals surface area contributed by atoms with Crippen LogP contribution in [0, 0.1) is 0 Å². The Bertz CT molecular complexity index is 682. The first kappa shape index (κ1) is 15.5. The SMILES string of the molecule is CC(C)Sc1nnc(NC(=O)c2ccc3c(c2)CCCC3)s1. The summed E-state index contributed by atoms with van der Waals surface area (Å²) in [6.07, 6.45) is 4.66. The van der Waals surface area contributed by atoms with Gasteiger partial charge in [0.25, 0.3) is 5.91 Å². The van der Waals surface area contributed by atoms with Crippen LogP contribution in [0.25, 0.3) is 0 Å². The van der Waals surface area contributed by atoms with Crippen LogP contribution in [0.15, 0.2) is 22.5 Å². The van der Waals surface area contributed by atoms with Crippen LogP contribution >= 0.6 is 23.1 Å². The van der Waals surface area contributed by atoms with Crippen molar-refractivity contribution in [2.24, 2.45) is 0 Å². The third kappa shape index (κ3) is 3.67. The van der Waals surface area contributed by atoms with E-state index in [0.717, 1.165) is 17.2 Å². The molecule has 4 nitrogen and oxygen atoms in total. The first-order valence-electron chi connectivity index (χ1n) is 7.55. The molecule has 0 atom stereocenters. The van der Waals surface area contributed by atoms with Crippen LogP contribution in [-0.2, 0) is 12.8 Å². The van der Waals surface area contributed by atoms with E-state index in [1.54, 1.807) is 11.8 Å². The molecule has 0 radical (unpaired) electrons. The van der Waals surface area contributed by atoms with E-state index < -0.39 is 0 Å². The van der Waals surface area contributed by atoms with Crippen molar-refractivity contribution in [1.82, 2.24) is 10.2 Å². The molecule has 0 fully saturated rings. The molecule has 0 saturated heterocycles. The summed E-state index contributed by atoms with van der Waals surface area (Å²) < 4.78 is 0.885. The molecule has 22 heavy (non-hydrogen) atoms. The Kier molecular flexibility index (Phi) is 4.78. The van der Waals surface area contributed by atoms with Gasteiger partial charge < -0.3 is 0 Å². The summed E-state index contributed by atoms with van der Waals surface area (Å²) in [7, 11) is 0. The number of nitrogens with one attached hydrogen (secondary N) is 1. The molecule has 1 amide bonds. The normalized spacial score (nSPS) is 14.0. The smallest absolute Gasteiger partial charge is 0.257 e. The standard InChI is InChI=1S/C16H19N3OS2/c1-10(2)21-16-19-18-15(22-16)17-14(20)13-8-7-11-5-3-4-6-12(11)9-13/h7-10H,3-6H2,1-2H3,(H,17,18,20). The molecule has 3 rings (SSSR count). The number of hydrogen-bond donors (Lipinski definition) is 1. The van der Waals surface area contributed by atoms with E-state index in [2.05, 4.69) is 35.4 Å². The molecule has 1 aromatic carbocycles. The first-order chi connectivity index (χ1) is 10.6. The molecule has 0 aliphatic heterocycles. The number of benzene rings is 1. The molecule has 2 aromatic rings. The van der Waals surface area contributed by atoms with Gasteiger partial charge in [0, 0.05) is 10.8 Å². The number of amides is 1. The highest BCUT2D eigenvalue weighted by Gasteiger charge is 2.15. The first-order valence-corrected chi connectivity index (χ1v) is 9.25. The summed E-state index contributed by atoms with van der Waals surface area (Å²) in [6.45, 7) is 4.22. The minimum atomic E-state index is -0.106. The van der Waals surface area contributed by atoms with Crippen molar-refractivity contribution in [2.75, 3.05) is 5.32 Å². The number of carbonyl (C=O) groups excluding carboxylic acids is 1. The average Bonchev–Trinajstić information content (AvgIpc) is 2.93. The number of rotatable bonds is 4. The zero-order chi connectivity index (χ0) is 15.5. The Balaban J connectivity index is 1.70. The Morgan fingerprint density at radius 2 is 2.00 bits per heavy atom. The van der Waals surface area contributed by atoms with Crippen LogP contribution in [0.1, 0.15) is 48.2 Å². The van der Waals surface area contributed by atoms with Gasteiger partial charge in [-0.05, 0) is 48.9 Å². The van der Waals surface area contributed by atoms with Gasteiger partial charge in [0.15, 0.2) is 4.34 Å². The molecule has 0 spiro atoms. The monoisotopic (exact) mass is 333 g/mol. The maximum atomic E-state index is 12.4. The van der Waals surface area contributed by atoms with E-state index >= 15 is 0 Å². The second-order valence-electron chi connectivity index (χ2n) is 5.68. The zero-order valence-electron chi connectivity index (χ0n) is 12.8. The van der Waals surface area contributed by atoms with Gasteiger partial charge in [0.05, 0.1) is 0 Å². The highest BCUT2D eigenvalue weighted by atomic mass is 32.2. The van der Waals surface area contributed by atoms with Crippen molar-refractivity contribution in [3.05, 3.63) is 34.9 Å². The molecule has 1 N–H and O–H groups in total. The maximum absolute atomic E-state index is 12.4. The number of thioether (sulfide) groups is 1. The summed E-state index contributed by atoms with van der Waals surface area (Å²) in [6, 6.07) is 6.02. The van der Waals surface area contributed by atoms with Crippen LogP contribution in [-0.4, -0.2) is 21.4 Å². The van der Waals surface area contributed by atoms with E-state index in [-0.39, 0.29) is 5.91 Å². The predicted molar refractivity (Wildman–Crippen MR) is 91.9 cm³/mol. The largest absolute Gasteiger partial charge is 0.296 e. The zero-order valence-corrected chi connectivity index (χ0v) is 14.4. The van der Waals surface area contributed by atoms with Crippen molar-refractivity contribution in [3.8, 4) is 0 Å². The number of aryl methyl sites for hydroxylation is 2. The number of fused-ring (bicyclic) bond motifs is 1. The van der Waals surface area contributed by atoms with Crippen LogP contribution in [0.3, 0.4) is 0 Å². The van der Waals surface area contributed by atoms with Crippen molar-refractivity contribution in [1.29, 1.82) is 0 Å². The second-order valence-corrected chi connectivity index (χ2v) is 8.49. The lowest BCUT2D eigenvalue weighted by atomic mass is 9.90. The summed E-state index contributed by atoms with van der Waals surface area (Å²) >= 11 is 3.08. The minimum Gasteiger partial charge on any atom is -0.296 e. The fraction of sp³-hybridized carbons (Fsp3) is 0.438. The Morgan fingerprint density at radius 3 is 2.77 bits per heavy atom. The van der Waals surface area contributed by atoms with Crippen LogP contribution in [0.4, 0.5) is 5.13 Å². The fourth-order valence-corrected chi connectivity index (χ4v) is 4.52. The summed E-state index contributed by atoms with van der Waals surface area (Å²) in [5.41, 5.74) is 3.40. The van der Waals surface area contributed by atoms with Crippen molar-refractivity contribution in [3.63, 3.8) is 0 Å². The second kappa shape index (κ2) is 6.79. The third-order valence-electron chi connectivity index (χ3n) is 3.57. The van der Waals surface area contributed by atoms with E-state index in [0.29, 0.717) is 15.9 Å². The average molecular weight is 333 g/mol. The van der Waals surface area contributed by atoms with E-state index in [1.165, 1.54) is 35.3 Å². The van der Waals surface area contributed by atoms with E-state index in [9.17, 15) is 4.79 Å². The van der Waals surface area contributed by atoms with Gasteiger partial charge in [-0.2, -0.15) is 0 Å². The molecule has 6 heteroatoms. The van der Waals surface area contributed by atoms with Crippen LogP contribution < -0.4 is 5.32 Å². The van der Waals surface area contributed by atoms with E-state index in [4.69, 9.17) is 0 Å². The number of anilines is 1. The molecule has 116 valence electrons. The predicted octanol–water partition coefficient (Wildman–Crippen LogP) is 4.17. The number of carbonyl (C=O) groups is 1. The molecule has 0 saturated carbocycles. The third-order valence-corrected chi connectivity index (χ3v) is 5.50. The van der Waals surface area contributed by atoms with Gasteiger partial charge in [-0.15, -0.1) is 10.2 Å². The molecule has 1 aliphatic rings. The fourth-order valence-electron chi connectivity index (χ4n) is 2.55. The topological polar surface area (TPSA) is 54.9 Å². The van der Waals surface area contributed by atoms with Crippen LogP contribution in [0.2, 0.25) is 0 Å². The van der Waals surface area contributed by atoms with Crippen molar-refractivity contribution < 1.29 is 4.79 Å². The molecule has 1 heterocycles. The van der Waals surface area contributed by atoms with Gasteiger partial charge in [0.2, 0.25) is 5.13 Å². The van der Waals surface area contributed by atoms with Gasteiger partial charge in [0.1, 0.15) is 0 Å². The van der Waals surface area contributed by atoms with Gasteiger partial charge in [-0.1, -0.05) is 43.0 Å². The highest BCUT2D eigenvalue weighted by Crippen LogP contribution is 2.29. The minimum absolute atomic E-state index is 0.106.